The molecule has 0 amide bonds. The fourth-order valence-electron chi connectivity index (χ4n) is 5.01. The number of ether oxygens (including phenoxy) is 2. The van der Waals surface area contributed by atoms with E-state index in [1.165, 1.54) is 0 Å². The van der Waals surface area contributed by atoms with Gasteiger partial charge in [0.1, 0.15) is 11.5 Å². The van der Waals surface area contributed by atoms with Gasteiger partial charge in [0.15, 0.2) is 5.11 Å². The summed E-state index contributed by atoms with van der Waals surface area (Å²) in [6.45, 7) is 4.28. The topological polar surface area (TPSA) is 51.5 Å². The minimum absolute atomic E-state index is 0.154. The lowest BCUT2D eigenvalue weighted by Crippen LogP contribution is -2.30. The average molecular weight is 564 g/mol. The second-order valence-electron chi connectivity index (χ2n) is 8.65. The predicted molar refractivity (Wildman–Crippen MR) is 150 cm³/mol. The first-order chi connectivity index (χ1) is 17.4. The Kier molecular flexibility index (Phi) is 6.73. The fourth-order valence-corrected chi connectivity index (χ4v) is 5.81. The average Bonchev–Trinajstić information content (AvgIpc) is 3.39. The van der Waals surface area contributed by atoms with Crippen molar-refractivity contribution in [3.8, 4) is 17.2 Å². The Hall–Kier alpha value is -3.36. The molecule has 8 heteroatoms. The summed E-state index contributed by atoms with van der Waals surface area (Å²) in [6.07, 6.45) is 1.82. The zero-order chi connectivity index (χ0) is 25.4. The molecule has 2 atom stereocenters. The van der Waals surface area contributed by atoms with E-state index >= 15 is 0 Å². The van der Waals surface area contributed by atoms with Crippen LogP contribution in [-0.4, -0.2) is 28.9 Å². The van der Waals surface area contributed by atoms with Gasteiger partial charge < -0.3 is 24.3 Å². The first-order valence-corrected chi connectivity index (χ1v) is 12.8. The van der Waals surface area contributed by atoms with Crippen molar-refractivity contribution in [3.05, 3.63) is 100 Å². The van der Waals surface area contributed by atoms with Crippen molar-refractivity contribution in [1.82, 2.24) is 14.9 Å². The lowest BCUT2D eigenvalue weighted by Gasteiger charge is -2.29. The number of anilines is 1. The minimum atomic E-state index is -0.155. The number of hydrogen-bond acceptors (Lipinski definition) is 4. The smallest absolute Gasteiger partial charge is 0.174 e. The molecule has 4 aromatic rings. The molecule has 2 aromatic heterocycles. The van der Waals surface area contributed by atoms with Gasteiger partial charge in [-0.15, -0.1) is 0 Å². The molecule has 0 radical (unpaired) electrons. The summed E-state index contributed by atoms with van der Waals surface area (Å²) in [5.41, 5.74) is 6.30. The van der Waals surface area contributed by atoms with Gasteiger partial charge in [-0.3, -0.25) is 4.98 Å². The molecule has 184 valence electrons. The summed E-state index contributed by atoms with van der Waals surface area (Å²) in [7, 11) is 3.31. The molecule has 0 spiro atoms. The van der Waals surface area contributed by atoms with Gasteiger partial charge in [-0.05, 0) is 90.0 Å². The number of halogens is 1. The van der Waals surface area contributed by atoms with Gasteiger partial charge in [0.2, 0.25) is 0 Å². The van der Waals surface area contributed by atoms with E-state index in [0.29, 0.717) is 10.9 Å². The van der Waals surface area contributed by atoms with Gasteiger partial charge in [0.05, 0.1) is 43.4 Å². The maximum absolute atomic E-state index is 5.93. The van der Waals surface area contributed by atoms with Gasteiger partial charge in [-0.2, -0.15) is 0 Å². The molecule has 1 aliphatic heterocycles. The van der Waals surface area contributed by atoms with Gasteiger partial charge >= 0.3 is 0 Å². The first kappa shape index (κ1) is 24.3. The summed E-state index contributed by atoms with van der Waals surface area (Å²) in [6, 6.07) is 22.0. The van der Waals surface area contributed by atoms with Crippen LogP contribution in [0.5, 0.6) is 11.5 Å². The van der Waals surface area contributed by atoms with Crippen molar-refractivity contribution >= 4 is 38.9 Å². The van der Waals surface area contributed by atoms with Gasteiger partial charge in [-0.1, -0.05) is 18.2 Å². The van der Waals surface area contributed by atoms with E-state index in [1.54, 1.807) is 14.2 Å². The van der Waals surface area contributed by atoms with E-state index in [0.717, 1.165) is 44.2 Å². The highest BCUT2D eigenvalue weighted by atomic mass is 79.9. The van der Waals surface area contributed by atoms with Crippen LogP contribution in [0.4, 0.5) is 5.69 Å². The van der Waals surface area contributed by atoms with E-state index < -0.39 is 0 Å². The van der Waals surface area contributed by atoms with Crippen molar-refractivity contribution in [3.63, 3.8) is 0 Å². The Balaban J connectivity index is 1.71. The zero-order valence-electron chi connectivity index (χ0n) is 20.5. The van der Waals surface area contributed by atoms with E-state index in [2.05, 4.69) is 73.8 Å². The van der Waals surface area contributed by atoms with Crippen LogP contribution in [-0.2, 0) is 0 Å². The molecule has 0 saturated carbocycles. The third-order valence-corrected chi connectivity index (χ3v) is 7.61. The largest absolute Gasteiger partial charge is 0.497 e. The Morgan fingerprint density at radius 1 is 0.944 bits per heavy atom. The number of hydrogen-bond donors (Lipinski definition) is 1. The number of nitrogens with one attached hydrogen (secondary N) is 1. The van der Waals surface area contributed by atoms with Crippen molar-refractivity contribution < 1.29 is 9.47 Å². The standard InChI is InChI=1S/C28H27BrN4O2S/c1-17-15-20(18(2)32(17)23-11-6-5-9-21(23)29)27-26(22-10-7-8-14-30-22)31-28(36)33(27)24-13-12-19(34-3)16-25(24)35-4/h5-16,26-27H,1-4H3,(H,31,36)/t26-,27+/m1/s1. The number of methoxy groups -OCH3 is 2. The Bertz CT molecular complexity index is 1420. The van der Waals surface area contributed by atoms with Crippen LogP contribution < -0.4 is 19.7 Å². The quantitative estimate of drug-likeness (QED) is 0.273. The van der Waals surface area contributed by atoms with Crippen LogP contribution in [0.25, 0.3) is 5.69 Å². The summed E-state index contributed by atoms with van der Waals surface area (Å²) in [4.78, 5) is 6.82. The van der Waals surface area contributed by atoms with Crippen molar-refractivity contribution in [2.75, 3.05) is 19.1 Å². The second kappa shape index (κ2) is 9.95. The van der Waals surface area contributed by atoms with Crippen LogP contribution >= 0.6 is 28.1 Å². The van der Waals surface area contributed by atoms with Crippen LogP contribution in [0.2, 0.25) is 0 Å². The normalized spacial score (nSPS) is 17.2. The summed E-state index contributed by atoms with van der Waals surface area (Å²) < 4.78 is 14.5. The Morgan fingerprint density at radius 2 is 1.72 bits per heavy atom. The molecule has 6 nitrogen and oxygen atoms in total. The van der Waals surface area contributed by atoms with Crippen molar-refractivity contribution in [1.29, 1.82) is 0 Å². The summed E-state index contributed by atoms with van der Waals surface area (Å²) in [5, 5.41) is 4.16. The van der Waals surface area contributed by atoms with E-state index in [9.17, 15) is 0 Å². The lowest BCUT2D eigenvalue weighted by atomic mass is 9.96. The fraction of sp³-hybridized carbons (Fsp3) is 0.214. The molecule has 36 heavy (non-hydrogen) atoms. The number of aryl methyl sites for hydroxylation is 1. The Morgan fingerprint density at radius 3 is 2.42 bits per heavy atom. The van der Waals surface area contributed by atoms with Gasteiger partial charge in [0.25, 0.3) is 0 Å². The second-order valence-corrected chi connectivity index (χ2v) is 9.89. The number of thiocarbonyl (C=S) groups is 1. The molecule has 1 fully saturated rings. The van der Waals surface area contributed by atoms with Crippen LogP contribution in [0, 0.1) is 13.8 Å². The van der Waals surface area contributed by atoms with Crippen LogP contribution in [0.15, 0.2) is 77.4 Å². The highest BCUT2D eigenvalue weighted by molar-refractivity contribution is 9.10. The maximum atomic E-state index is 5.93. The zero-order valence-corrected chi connectivity index (χ0v) is 22.9. The SMILES string of the molecule is COc1ccc(N2C(=S)N[C@H](c3ccccn3)[C@@H]2c2cc(C)n(-c3ccccc3Br)c2C)c(OC)c1. The van der Waals surface area contributed by atoms with Gasteiger partial charge in [0, 0.05) is 28.1 Å². The highest BCUT2D eigenvalue weighted by Crippen LogP contribution is 2.47. The number of para-hydroxylation sites is 1. The molecule has 0 bridgehead atoms. The number of nitrogens with zero attached hydrogens (tertiary/aromatic N) is 3. The van der Waals surface area contributed by atoms with Crippen LogP contribution in [0.3, 0.4) is 0 Å². The molecular weight excluding hydrogens is 536 g/mol. The molecule has 0 aliphatic carbocycles. The molecule has 2 aromatic carbocycles. The molecule has 1 N–H and O–H groups in total. The summed E-state index contributed by atoms with van der Waals surface area (Å²) >= 11 is 9.66. The first-order valence-electron chi connectivity index (χ1n) is 11.6. The molecular formula is C28H27BrN4O2S. The summed E-state index contributed by atoms with van der Waals surface area (Å²) in [5.74, 6) is 1.41. The Labute approximate surface area is 225 Å². The van der Waals surface area contributed by atoms with Crippen LogP contribution in [0.1, 0.15) is 34.7 Å². The number of rotatable bonds is 6. The number of benzene rings is 2. The minimum Gasteiger partial charge on any atom is -0.497 e. The molecule has 1 saturated heterocycles. The monoisotopic (exact) mass is 562 g/mol. The molecule has 3 heterocycles. The van der Waals surface area contributed by atoms with Crippen molar-refractivity contribution in [2.45, 2.75) is 25.9 Å². The number of aromatic nitrogens is 2. The third-order valence-electron chi connectivity index (χ3n) is 6.63. The highest BCUT2D eigenvalue weighted by Gasteiger charge is 2.43. The third kappa shape index (κ3) is 4.14. The van der Waals surface area contributed by atoms with Gasteiger partial charge in [-0.25, -0.2) is 0 Å². The maximum Gasteiger partial charge on any atom is 0.174 e. The lowest BCUT2D eigenvalue weighted by molar-refractivity contribution is 0.394. The van der Waals surface area contributed by atoms with E-state index in [-0.39, 0.29) is 12.1 Å². The molecule has 1 aliphatic rings. The molecule has 0 unspecified atom stereocenters. The molecule has 5 rings (SSSR count). The van der Waals surface area contributed by atoms with E-state index in [1.807, 2.05) is 48.7 Å². The van der Waals surface area contributed by atoms with E-state index in [4.69, 9.17) is 21.7 Å². The predicted octanol–water partition coefficient (Wildman–Crippen LogP) is 6.45. The van der Waals surface area contributed by atoms with Crippen molar-refractivity contribution in [2.24, 2.45) is 0 Å². The number of pyridine rings is 1.